The van der Waals surface area contributed by atoms with Gasteiger partial charge < -0.3 is 10.1 Å². The fourth-order valence-corrected chi connectivity index (χ4v) is 4.91. The van der Waals surface area contributed by atoms with Crippen molar-refractivity contribution in [1.29, 1.82) is 0 Å². The number of carbonyl (C=O) groups excluding carboxylic acids is 1. The lowest BCUT2D eigenvalue weighted by atomic mass is 10.1. The molecule has 1 amide bonds. The highest BCUT2D eigenvalue weighted by molar-refractivity contribution is 7.92. The van der Waals surface area contributed by atoms with Gasteiger partial charge in [-0.3, -0.25) is 9.10 Å². The van der Waals surface area contributed by atoms with Crippen LogP contribution in [0.25, 0.3) is 0 Å². The van der Waals surface area contributed by atoms with Crippen molar-refractivity contribution in [2.45, 2.75) is 25.7 Å². The summed E-state index contributed by atoms with van der Waals surface area (Å²) in [6.07, 6.45) is 0. The number of hydrogen-bond acceptors (Lipinski definition) is 4. The van der Waals surface area contributed by atoms with Gasteiger partial charge in [0.25, 0.3) is 10.0 Å². The molecule has 0 fully saturated rings. The number of hydrogen-bond donors (Lipinski definition) is 1. The third kappa shape index (κ3) is 6.06. The van der Waals surface area contributed by atoms with Crippen LogP contribution < -0.4 is 14.4 Å². The Morgan fingerprint density at radius 3 is 2.36 bits per heavy atom. The smallest absolute Gasteiger partial charge is 0.264 e. The third-order valence-electron chi connectivity index (χ3n) is 5.26. The second-order valence-electron chi connectivity index (χ2n) is 7.67. The fraction of sp³-hybridized carbons (Fsp3) is 0.240. The van der Waals surface area contributed by atoms with E-state index in [-0.39, 0.29) is 24.6 Å². The Kier molecular flexibility index (Phi) is 8.00. The minimum atomic E-state index is -3.96. The molecule has 0 bridgehead atoms. The van der Waals surface area contributed by atoms with E-state index in [9.17, 15) is 13.2 Å². The number of halogens is 1. The number of carbonyl (C=O) groups is 1. The molecule has 3 rings (SSSR count). The van der Waals surface area contributed by atoms with Crippen LogP contribution in [0, 0.1) is 20.8 Å². The van der Waals surface area contributed by atoms with Crippen LogP contribution in [0.15, 0.2) is 71.6 Å². The van der Waals surface area contributed by atoms with Gasteiger partial charge in [-0.05, 0) is 62.2 Å². The average molecular weight is 487 g/mol. The summed E-state index contributed by atoms with van der Waals surface area (Å²) in [4.78, 5) is 12.9. The van der Waals surface area contributed by atoms with Gasteiger partial charge in [0.2, 0.25) is 5.91 Å². The molecule has 8 heteroatoms. The largest absolute Gasteiger partial charge is 0.490 e. The molecule has 0 radical (unpaired) electrons. The topological polar surface area (TPSA) is 75.7 Å². The first-order chi connectivity index (χ1) is 15.7. The number of amides is 1. The first kappa shape index (κ1) is 24.6. The molecule has 0 aromatic heterocycles. The van der Waals surface area contributed by atoms with E-state index in [4.69, 9.17) is 16.3 Å². The number of nitrogens with one attached hydrogen (secondary N) is 1. The van der Waals surface area contributed by atoms with E-state index in [1.165, 1.54) is 0 Å². The number of para-hydroxylation sites is 1. The normalized spacial score (nSPS) is 11.2. The molecule has 0 heterocycles. The lowest BCUT2D eigenvalue weighted by molar-refractivity contribution is -0.119. The van der Waals surface area contributed by atoms with Gasteiger partial charge in [-0.15, -0.1) is 0 Å². The highest BCUT2D eigenvalue weighted by Gasteiger charge is 2.28. The molecule has 0 aliphatic carbocycles. The Labute approximate surface area is 200 Å². The fourth-order valence-electron chi connectivity index (χ4n) is 3.24. The van der Waals surface area contributed by atoms with Crippen LogP contribution in [0.5, 0.6) is 5.75 Å². The molecular weight excluding hydrogens is 460 g/mol. The SMILES string of the molecule is Cc1ccc(S(=O)(=O)N(CC(=O)NCCOc2ccccc2Cl)c2cccc(C)c2C)cc1. The van der Waals surface area contributed by atoms with Crippen LogP contribution in [-0.2, 0) is 14.8 Å². The molecule has 3 aromatic rings. The van der Waals surface area contributed by atoms with E-state index < -0.39 is 15.9 Å². The molecule has 0 aliphatic heterocycles. The van der Waals surface area contributed by atoms with Gasteiger partial charge >= 0.3 is 0 Å². The van der Waals surface area contributed by atoms with Crippen molar-refractivity contribution in [1.82, 2.24) is 5.32 Å². The van der Waals surface area contributed by atoms with Crippen molar-refractivity contribution in [2.75, 3.05) is 24.0 Å². The molecule has 0 unspecified atom stereocenters. The summed E-state index contributed by atoms with van der Waals surface area (Å²) in [5.74, 6) is 0.0849. The van der Waals surface area contributed by atoms with Crippen LogP contribution in [-0.4, -0.2) is 34.0 Å². The van der Waals surface area contributed by atoms with E-state index in [0.717, 1.165) is 21.0 Å². The van der Waals surface area contributed by atoms with E-state index in [0.29, 0.717) is 16.5 Å². The Morgan fingerprint density at radius 1 is 0.970 bits per heavy atom. The van der Waals surface area contributed by atoms with E-state index in [1.54, 1.807) is 60.7 Å². The predicted octanol–water partition coefficient (Wildman–Crippen LogP) is 4.66. The van der Waals surface area contributed by atoms with Gasteiger partial charge in [0, 0.05) is 0 Å². The van der Waals surface area contributed by atoms with Gasteiger partial charge in [-0.2, -0.15) is 0 Å². The molecule has 1 N–H and O–H groups in total. The first-order valence-electron chi connectivity index (χ1n) is 10.5. The highest BCUT2D eigenvalue weighted by atomic mass is 35.5. The quantitative estimate of drug-likeness (QED) is 0.446. The summed E-state index contributed by atoms with van der Waals surface area (Å²) in [6.45, 7) is 5.68. The summed E-state index contributed by atoms with van der Waals surface area (Å²) in [5.41, 5.74) is 3.15. The zero-order chi connectivity index (χ0) is 24.0. The Balaban J connectivity index is 1.77. The molecule has 3 aromatic carbocycles. The average Bonchev–Trinajstić information content (AvgIpc) is 2.78. The molecule has 174 valence electrons. The molecule has 0 saturated carbocycles. The summed E-state index contributed by atoms with van der Waals surface area (Å²) in [6, 6.07) is 19.0. The van der Waals surface area contributed by atoms with Gasteiger partial charge in [0.1, 0.15) is 18.9 Å². The Hall–Kier alpha value is -3.03. The Morgan fingerprint density at radius 2 is 1.67 bits per heavy atom. The molecule has 6 nitrogen and oxygen atoms in total. The lowest BCUT2D eigenvalue weighted by Crippen LogP contribution is -2.42. The minimum absolute atomic E-state index is 0.129. The lowest BCUT2D eigenvalue weighted by Gasteiger charge is -2.26. The van der Waals surface area contributed by atoms with E-state index >= 15 is 0 Å². The number of sulfonamides is 1. The predicted molar refractivity (Wildman–Crippen MR) is 132 cm³/mol. The second kappa shape index (κ2) is 10.7. The third-order valence-corrected chi connectivity index (χ3v) is 7.35. The van der Waals surface area contributed by atoms with Crippen LogP contribution in [0.4, 0.5) is 5.69 Å². The Bertz CT molecular complexity index is 1230. The number of aryl methyl sites for hydroxylation is 2. The maximum absolute atomic E-state index is 13.5. The maximum Gasteiger partial charge on any atom is 0.264 e. The van der Waals surface area contributed by atoms with E-state index in [1.807, 2.05) is 26.8 Å². The molecule has 0 aliphatic rings. The minimum Gasteiger partial charge on any atom is -0.490 e. The van der Waals surface area contributed by atoms with Crippen LogP contribution in [0.1, 0.15) is 16.7 Å². The molecule has 0 saturated heterocycles. The van der Waals surface area contributed by atoms with E-state index in [2.05, 4.69) is 5.32 Å². The summed E-state index contributed by atoms with van der Waals surface area (Å²) < 4.78 is 33.7. The molecule has 0 spiro atoms. The van der Waals surface area contributed by atoms with Crippen molar-refractivity contribution >= 4 is 33.2 Å². The summed E-state index contributed by atoms with van der Waals surface area (Å²) in [7, 11) is -3.96. The number of rotatable bonds is 9. The molecular formula is C25H27ClN2O4S. The van der Waals surface area contributed by atoms with Crippen LogP contribution >= 0.6 is 11.6 Å². The van der Waals surface area contributed by atoms with Gasteiger partial charge in [0.15, 0.2) is 0 Å². The number of anilines is 1. The molecule has 33 heavy (non-hydrogen) atoms. The monoisotopic (exact) mass is 486 g/mol. The zero-order valence-electron chi connectivity index (χ0n) is 18.8. The highest BCUT2D eigenvalue weighted by Crippen LogP contribution is 2.28. The van der Waals surface area contributed by atoms with Crippen molar-refractivity contribution < 1.29 is 17.9 Å². The summed E-state index contributed by atoms with van der Waals surface area (Å²) in [5, 5.41) is 3.21. The van der Waals surface area contributed by atoms with Crippen molar-refractivity contribution in [3.8, 4) is 5.75 Å². The second-order valence-corrected chi connectivity index (χ2v) is 9.94. The first-order valence-corrected chi connectivity index (χ1v) is 12.3. The number of benzene rings is 3. The van der Waals surface area contributed by atoms with Crippen LogP contribution in [0.2, 0.25) is 5.02 Å². The standard InChI is InChI=1S/C25H27ClN2O4S/c1-18-11-13-21(14-12-18)33(30,31)28(23-9-6-7-19(2)20(23)3)17-25(29)27-15-16-32-24-10-5-4-8-22(24)26/h4-14H,15-17H2,1-3H3,(H,27,29). The number of nitrogens with zero attached hydrogens (tertiary/aromatic N) is 1. The maximum atomic E-state index is 13.5. The summed E-state index contributed by atoms with van der Waals surface area (Å²) >= 11 is 6.06. The van der Waals surface area contributed by atoms with Crippen molar-refractivity contribution in [3.05, 3.63) is 88.4 Å². The van der Waals surface area contributed by atoms with Gasteiger partial charge in [-0.1, -0.05) is 53.6 Å². The number of ether oxygens (including phenoxy) is 1. The van der Waals surface area contributed by atoms with Crippen LogP contribution in [0.3, 0.4) is 0 Å². The molecule has 0 atom stereocenters. The van der Waals surface area contributed by atoms with Gasteiger partial charge in [0.05, 0.1) is 22.2 Å². The zero-order valence-corrected chi connectivity index (χ0v) is 20.4. The van der Waals surface area contributed by atoms with Gasteiger partial charge in [-0.25, -0.2) is 8.42 Å². The van der Waals surface area contributed by atoms with Crippen molar-refractivity contribution in [2.24, 2.45) is 0 Å². The van der Waals surface area contributed by atoms with Crippen molar-refractivity contribution in [3.63, 3.8) is 0 Å².